The van der Waals surface area contributed by atoms with Crippen molar-refractivity contribution in [3.63, 3.8) is 0 Å². The van der Waals surface area contributed by atoms with Gasteiger partial charge in [0.1, 0.15) is 0 Å². The molecule has 0 amide bonds. The monoisotopic (exact) mass is 242 g/mol. The van der Waals surface area contributed by atoms with Gasteiger partial charge in [0.15, 0.2) is 11.3 Å². The summed E-state index contributed by atoms with van der Waals surface area (Å²) in [6, 6.07) is 5.35. The van der Waals surface area contributed by atoms with E-state index in [1.165, 1.54) is 0 Å². The Labute approximate surface area is 105 Å². The molecular formula is C13H14N4O. The molecule has 3 rings (SSSR count). The maximum Gasteiger partial charge on any atom is 0.209 e. The zero-order valence-corrected chi connectivity index (χ0v) is 10.0. The van der Waals surface area contributed by atoms with Crippen LogP contribution in [0, 0.1) is 6.57 Å². The van der Waals surface area contributed by atoms with E-state index in [4.69, 9.17) is 11.0 Å². The first-order chi connectivity index (χ1) is 8.85. The minimum atomic E-state index is 0.601. The zero-order valence-electron chi connectivity index (χ0n) is 10.0. The largest absolute Gasteiger partial charge is 0.439 e. The van der Waals surface area contributed by atoms with Gasteiger partial charge < -0.3 is 9.73 Å². The molecule has 1 aliphatic heterocycles. The van der Waals surface area contributed by atoms with E-state index in [0.29, 0.717) is 5.69 Å². The van der Waals surface area contributed by atoms with Gasteiger partial charge in [-0.2, -0.15) is 0 Å². The quantitative estimate of drug-likeness (QED) is 0.815. The second kappa shape index (κ2) is 4.77. The van der Waals surface area contributed by atoms with Crippen LogP contribution in [-0.4, -0.2) is 36.1 Å². The predicted molar refractivity (Wildman–Crippen MR) is 68.4 cm³/mol. The van der Waals surface area contributed by atoms with E-state index in [2.05, 4.69) is 20.0 Å². The van der Waals surface area contributed by atoms with E-state index in [9.17, 15) is 0 Å². The Morgan fingerprint density at radius 1 is 1.39 bits per heavy atom. The average Bonchev–Trinajstić information content (AvgIpc) is 2.80. The molecule has 0 atom stereocenters. The molecule has 2 aromatic rings. The van der Waals surface area contributed by atoms with E-state index >= 15 is 0 Å². The number of hydrogen-bond acceptors (Lipinski definition) is 4. The van der Waals surface area contributed by atoms with E-state index < -0.39 is 0 Å². The van der Waals surface area contributed by atoms with Crippen molar-refractivity contribution in [2.24, 2.45) is 0 Å². The first kappa shape index (κ1) is 11.2. The Morgan fingerprint density at radius 2 is 2.22 bits per heavy atom. The van der Waals surface area contributed by atoms with Crippen molar-refractivity contribution in [2.75, 3.05) is 26.2 Å². The molecule has 0 unspecified atom stereocenters. The van der Waals surface area contributed by atoms with Crippen molar-refractivity contribution < 1.29 is 4.42 Å². The Hall–Kier alpha value is -1.90. The summed E-state index contributed by atoms with van der Waals surface area (Å²) in [6.45, 7) is 11.8. The fraction of sp³-hybridized carbons (Fsp3) is 0.385. The molecule has 1 N–H and O–H groups in total. The van der Waals surface area contributed by atoms with Crippen LogP contribution in [0.1, 0.15) is 5.89 Å². The van der Waals surface area contributed by atoms with E-state index in [0.717, 1.165) is 49.7 Å². The summed E-state index contributed by atoms with van der Waals surface area (Å²) in [5.41, 5.74) is 2.13. The molecule has 5 nitrogen and oxygen atoms in total. The van der Waals surface area contributed by atoms with Gasteiger partial charge in [-0.05, 0) is 12.1 Å². The summed E-state index contributed by atoms with van der Waals surface area (Å²) >= 11 is 0. The number of aromatic nitrogens is 1. The predicted octanol–water partition coefficient (Wildman–Crippen LogP) is 1.78. The van der Waals surface area contributed by atoms with Gasteiger partial charge >= 0.3 is 0 Å². The highest BCUT2D eigenvalue weighted by Crippen LogP contribution is 2.22. The number of rotatable bonds is 2. The van der Waals surface area contributed by atoms with Gasteiger partial charge in [0.25, 0.3) is 0 Å². The van der Waals surface area contributed by atoms with Gasteiger partial charge in [-0.1, -0.05) is 6.07 Å². The number of nitrogens with one attached hydrogen (secondary N) is 1. The van der Waals surface area contributed by atoms with Gasteiger partial charge in [-0.25, -0.2) is 9.83 Å². The Morgan fingerprint density at radius 3 is 3.00 bits per heavy atom. The number of fused-ring (bicyclic) bond motifs is 1. The van der Waals surface area contributed by atoms with Crippen LogP contribution in [-0.2, 0) is 6.54 Å². The molecule has 1 saturated heterocycles. The summed E-state index contributed by atoms with van der Waals surface area (Å²) < 4.78 is 5.69. The third-order valence-electron chi connectivity index (χ3n) is 3.11. The van der Waals surface area contributed by atoms with Gasteiger partial charge in [-0.3, -0.25) is 4.90 Å². The molecule has 0 radical (unpaired) electrons. The van der Waals surface area contributed by atoms with E-state index in [1.807, 2.05) is 6.07 Å². The minimum Gasteiger partial charge on any atom is -0.439 e. The van der Waals surface area contributed by atoms with Crippen molar-refractivity contribution in [1.29, 1.82) is 0 Å². The summed E-state index contributed by atoms with van der Waals surface area (Å²) in [4.78, 5) is 10.2. The minimum absolute atomic E-state index is 0.601. The third-order valence-corrected chi connectivity index (χ3v) is 3.11. The lowest BCUT2D eigenvalue weighted by Gasteiger charge is -2.25. The fourth-order valence-corrected chi connectivity index (χ4v) is 2.16. The molecule has 0 saturated carbocycles. The topological polar surface area (TPSA) is 45.7 Å². The van der Waals surface area contributed by atoms with Crippen LogP contribution in [0.15, 0.2) is 22.6 Å². The average molecular weight is 242 g/mol. The molecule has 92 valence electrons. The highest BCUT2D eigenvalue weighted by molar-refractivity contribution is 5.77. The van der Waals surface area contributed by atoms with Crippen molar-refractivity contribution in [1.82, 2.24) is 15.2 Å². The molecule has 0 spiro atoms. The molecule has 2 heterocycles. The molecule has 0 aliphatic carbocycles. The number of oxazole rings is 1. The maximum atomic E-state index is 6.98. The third kappa shape index (κ3) is 2.21. The highest BCUT2D eigenvalue weighted by Gasteiger charge is 2.13. The maximum absolute atomic E-state index is 6.98. The number of piperazine rings is 1. The second-order valence-electron chi connectivity index (χ2n) is 4.40. The van der Waals surface area contributed by atoms with Gasteiger partial charge in [0, 0.05) is 26.2 Å². The lowest BCUT2D eigenvalue weighted by atomic mass is 10.3. The Bertz CT molecular complexity index is 593. The number of hydrogen-bond donors (Lipinski definition) is 1. The van der Waals surface area contributed by atoms with Gasteiger partial charge in [0.2, 0.25) is 5.89 Å². The lowest BCUT2D eigenvalue weighted by molar-refractivity contribution is 0.214. The summed E-state index contributed by atoms with van der Waals surface area (Å²) in [7, 11) is 0. The van der Waals surface area contributed by atoms with Gasteiger partial charge in [-0.15, -0.1) is 0 Å². The Balaban J connectivity index is 1.82. The molecular weight excluding hydrogens is 228 g/mol. The van der Waals surface area contributed by atoms with Crippen LogP contribution >= 0.6 is 0 Å². The summed E-state index contributed by atoms with van der Waals surface area (Å²) in [6.07, 6.45) is 0. The number of benzene rings is 1. The summed E-state index contributed by atoms with van der Waals surface area (Å²) in [5, 5.41) is 3.32. The molecule has 0 bridgehead atoms. The first-order valence-corrected chi connectivity index (χ1v) is 6.05. The van der Waals surface area contributed by atoms with Crippen LogP contribution in [0.5, 0.6) is 0 Å². The molecule has 18 heavy (non-hydrogen) atoms. The smallest absolute Gasteiger partial charge is 0.209 e. The number of nitrogens with zero attached hydrogens (tertiary/aromatic N) is 3. The van der Waals surface area contributed by atoms with Crippen LogP contribution in [0.3, 0.4) is 0 Å². The van der Waals surface area contributed by atoms with E-state index in [-0.39, 0.29) is 0 Å². The lowest BCUT2D eigenvalue weighted by Crippen LogP contribution is -2.42. The van der Waals surface area contributed by atoms with Crippen LogP contribution in [0.4, 0.5) is 5.69 Å². The van der Waals surface area contributed by atoms with Crippen LogP contribution < -0.4 is 5.32 Å². The molecule has 1 aromatic carbocycles. The van der Waals surface area contributed by atoms with Crippen molar-refractivity contribution in [2.45, 2.75) is 6.54 Å². The normalized spacial score (nSPS) is 16.8. The molecule has 5 heteroatoms. The highest BCUT2D eigenvalue weighted by atomic mass is 16.3. The first-order valence-electron chi connectivity index (χ1n) is 6.05. The molecule has 1 aromatic heterocycles. The molecule has 1 fully saturated rings. The zero-order chi connectivity index (χ0) is 12.4. The Kier molecular flexibility index (Phi) is 2.97. The standard InChI is InChI=1S/C13H14N4O/c1-14-10-2-3-12-11(8-10)16-13(18-12)9-17-6-4-15-5-7-17/h2-3,8,15H,4-7,9H2. The van der Waals surface area contributed by atoms with Crippen molar-refractivity contribution in [3.8, 4) is 0 Å². The van der Waals surface area contributed by atoms with Crippen molar-refractivity contribution in [3.05, 3.63) is 35.5 Å². The molecule has 1 aliphatic rings. The van der Waals surface area contributed by atoms with Crippen LogP contribution in [0.25, 0.3) is 15.9 Å². The van der Waals surface area contributed by atoms with E-state index in [1.54, 1.807) is 12.1 Å². The fourth-order valence-electron chi connectivity index (χ4n) is 2.16. The second-order valence-corrected chi connectivity index (χ2v) is 4.40. The SMILES string of the molecule is [C-]#[N+]c1ccc2oc(CN3CCNCC3)nc2c1. The van der Waals surface area contributed by atoms with Crippen molar-refractivity contribution >= 4 is 16.8 Å². The summed E-state index contributed by atoms with van der Waals surface area (Å²) in [5.74, 6) is 0.731. The van der Waals surface area contributed by atoms with Gasteiger partial charge in [0.05, 0.1) is 18.6 Å². The van der Waals surface area contributed by atoms with Crippen LogP contribution in [0.2, 0.25) is 0 Å².